The highest BCUT2D eigenvalue weighted by atomic mass is 16.3. The van der Waals surface area contributed by atoms with Crippen LogP contribution >= 0.6 is 0 Å². The van der Waals surface area contributed by atoms with Crippen LogP contribution in [0, 0.1) is 0 Å². The van der Waals surface area contributed by atoms with Crippen molar-refractivity contribution in [1.82, 2.24) is 4.98 Å². The first-order valence-electron chi connectivity index (χ1n) is 6.33. The first-order valence-corrected chi connectivity index (χ1v) is 6.33. The third-order valence-electron chi connectivity index (χ3n) is 3.20. The van der Waals surface area contributed by atoms with Crippen LogP contribution in [-0.2, 0) is 6.54 Å². The standard InChI is InChI=1S/C16H14N2O2/c19-14-8-2-5-12(16(14)20)10-18-13-7-1-4-11-6-3-9-17-15(11)13/h1-9,18-20H,10H2. The first kappa shape index (κ1) is 12.3. The molecule has 3 rings (SSSR count). The second kappa shape index (κ2) is 5.09. The molecule has 0 saturated heterocycles. The van der Waals surface area contributed by atoms with Gasteiger partial charge in [0.15, 0.2) is 11.5 Å². The third-order valence-corrected chi connectivity index (χ3v) is 3.20. The van der Waals surface area contributed by atoms with Crippen LogP contribution in [0.3, 0.4) is 0 Å². The number of hydrogen-bond acceptors (Lipinski definition) is 4. The smallest absolute Gasteiger partial charge is 0.162 e. The minimum atomic E-state index is -0.111. The number of aromatic nitrogens is 1. The van der Waals surface area contributed by atoms with Gasteiger partial charge >= 0.3 is 0 Å². The van der Waals surface area contributed by atoms with Crippen molar-refractivity contribution in [1.29, 1.82) is 0 Å². The number of nitrogens with one attached hydrogen (secondary N) is 1. The van der Waals surface area contributed by atoms with Gasteiger partial charge in [0.05, 0.1) is 11.2 Å². The van der Waals surface area contributed by atoms with Crippen molar-refractivity contribution in [2.75, 3.05) is 5.32 Å². The summed E-state index contributed by atoms with van der Waals surface area (Å²) in [5.74, 6) is -0.200. The minimum absolute atomic E-state index is 0.0896. The Morgan fingerprint density at radius 2 is 1.75 bits per heavy atom. The topological polar surface area (TPSA) is 65.4 Å². The lowest BCUT2D eigenvalue weighted by molar-refractivity contribution is 0.400. The van der Waals surface area contributed by atoms with Gasteiger partial charge in [-0.05, 0) is 18.2 Å². The van der Waals surface area contributed by atoms with Crippen molar-refractivity contribution in [2.24, 2.45) is 0 Å². The Labute approximate surface area is 116 Å². The Bertz CT molecular complexity index is 751. The number of nitrogens with zero attached hydrogens (tertiary/aromatic N) is 1. The van der Waals surface area contributed by atoms with Crippen LogP contribution in [0.4, 0.5) is 5.69 Å². The molecule has 1 aromatic heterocycles. The van der Waals surface area contributed by atoms with Crippen molar-refractivity contribution in [3.05, 3.63) is 60.3 Å². The Hall–Kier alpha value is -2.75. The maximum atomic E-state index is 9.78. The molecule has 0 amide bonds. The zero-order chi connectivity index (χ0) is 13.9. The zero-order valence-electron chi connectivity index (χ0n) is 10.7. The molecule has 0 bridgehead atoms. The van der Waals surface area contributed by atoms with Crippen LogP contribution in [0.2, 0.25) is 0 Å². The minimum Gasteiger partial charge on any atom is -0.504 e. The van der Waals surface area contributed by atoms with Gasteiger partial charge in [-0.25, -0.2) is 0 Å². The van der Waals surface area contributed by atoms with Crippen LogP contribution in [0.25, 0.3) is 10.9 Å². The number of rotatable bonds is 3. The zero-order valence-corrected chi connectivity index (χ0v) is 10.7. The van der Waals surface area contributed by atoms with E-state index in [9.17, 15) is 10.2 Å². The average Bonchev–Trinajstić information content (AvgIpc) is 2.49. The van der Waals surface area contributed by atoms with Crippen LogP contribution in [0.5, 0.6) is 11.5 Å². The molecule has 0 spiro atoms. The molecular formula is C16H14N2O2. The lowest BCUT2D eigenvalue weighted by Gasteiger charge is -2.10. The summed E-state index contributed by atoms with van der Waals surface area (Å²) in [7, 11) is 0. The monoisotopic (exact) mass is 266 g/mol. The van der Waals surface area contributed by atoms with E-state index < -0.39 is 0 Å². The van der Waals surface area contributed by atoms with E-state index >= 15 is 0 Å². The fourth-order valence-electron chi connectivity index (χ4n) is 2.16. The molecule has 100 valence electrons. The Morgan fingerprint density at radius 3 is 2.65 bits per heavy atom. The second-order valence-corrected chi connectivity index (χ2v) is 4.52. The number of fused-ring (bicyclic) bond motifs is 1. The quantitative estimate of drug-likeness (QED) is 0.637. The second-order valence-electron chi connectivity index (χ2n) is 4.52. The van der Waals surface area contributed by atoms with Crippen molar-refractivity contribution >= 4 is 16.6 Å². The number of phenols is 2. The molecule has 0 saturated carbocycles. The van der Waals surface area contributed by atoms with E-state index in [1.165, 1.54) is 6.07 Å². The molecule has 0 aliphatic heterocycles. The SMILES string of the molecule is Oc1cccc(CNc2cccc3cccnc23)c1O. The highest BCUT2D eigenvalue weighted by Crippen LogP contribution is 2.29. The van der Waals surface area contributed by atoms with Gasteiger partial charge in [-0.15, -0.1) is 0 Å². The van der Waals surface area contributed by atoms with Gasteiger partial charge in [0.1, 0.15) is 0 Å². The largest absolute Gasteiger partial charge is 0.504 e. The van der Waals surface area contributed by atoms with Gasteiger partial charge < -0.3 is 15.5 Å². The van der Waals surface area contributed by atoms with Crippen LogP contribution in [0.15, 0.2) is 54.7 Å². The average molecular weight is 266 g/mol. The number of hydrogen-bond donors (Lipinski definition) is 3. The number of phenolic OH excluding ortho intramolecular Hbond substituents is 2. The van der Waals surface area contributed by atoms with Crippen molar-refractivity contribution in [3.8, 4) is 11.5 Å². The summed E-state index contributed by atoms with van der Waals surface area (Å²) >= 11 is 0. The Morgan fingerprint density at radius 1 is 0.950 bits per heavy atom. The molecule has 0 fully saturated rings. The molecule has 2 aromatic carbocycles. The molecule has 1 heterocycles. The van der Waals surface area contributed by atoms with E-state index in [0.29, 0.717) is 12.1 Å². The van der Waals surface area contributed by atoms with Gasteiger partial charge in [0, 0.05) is 23.7 Å². The number of aromatic hydroxyl groups is 2. The number of benzene rings is 2. The summed E-state index contributed by atoms with van der Waals surface area (Å²) in [4.78, 5) is 4.36. The molecule has 0 aliphatic carbocycles. The number of para-hydroxylation sites is 2. The van der Waals surface area contributed by atoms with E-state index in [0.717, 1.165) is 16.6 Å². The van der Waals surface area contributed by atoms with E-state index in [1.807, 2.05) is 30.3 Å². The molecule has 20 heavy (non-hydrogen) atoms. The first-order chi connectivity index (χ1) is 9.75. The van der Waals surface area contributed by atoms with Gasteiger partial charge in [-0.3, -0.25) is 4.98 Å². The molecule has 3 aromatic rings. The van der Waals surface area contributed by atoms with Gasteiger partial charge in [0.2, 0.25) is 0 Å². The summed E-state index contributed by atoms with van der Waals surface area (Å²) in [6.07, 6.45) is 1.75. The fourth-order valence-corrected chi connectivity index (χ4v) is 2.16. The van der Waals surface area contributed by atoms with Gasteiger partial charge in [-0.1, -0.05) is 30.3 Å². The molecule has 4 nitrogen and oxygen atoms in total. The van der Waals surface area contributed by atoms with E-state index in [4.69, 9.17) is 0 Å². The lowest BCUT2D eigenvalue weighted by atomic mass is 10.1. The predicted molar refractivity (Wildman–Crippen MR) is 78.8 cm³/mol. The molecule has 0 aliphatic rings. The van der Waals surface area contributed by atoms with Crippen molar-refractivity contribution in [3.63, 3.8) is 0 Å². The molecule has 0 unspecified atom stereocenters. The lowest BCUT2D eigenvalue weighted by Crippen LogP contribution is -2.00. The van der Waals surface area contributed by atoms with Crippen LogP contribution in [0.1, 0.15) is 5.56 Å². The summed E-state index contributed by atoms with van der Waals surface area (Å²) in [6, 6.07) is 14.7. The van der Waals surface area contributed by atoms with Crippen molar-refractivity contribution < 1.29 is 10.2 Å². The summed E-state index contributed by atoms with van der Waals surface area (Å²) in [5, 5.41) is 23.6. The van der Waals surface area contributed by atoms with E-state index in [1.54, 1.807) is 18.3 Å². The third kappa shape index (κ3) is 2.23. The van der Waals surface area contributed by atoms with Crippen molar-refractivity contribution in [2.45, 2.75) is 6.54 Å². The molecular weight excluding hydrogens is 252 g/mol. The predicted octanol–water partition coefficient (Wildman–Crippen LogP) is 3.26. The van der Waals surface area contributed by atoms with Gasteiger partial charge in [-0.2, -0.15) is 0 Å². The van der Waals surface area contributed by atoms with Gasteiger partial charge in [0.25, 0.3) is 0 Å². The van der Waals surface area contributed by atoms with Crippen LogP contribution in [-0.4, -0.2) is 15.2 Å². The number of anilines is 1. The van der Waals surface area contributed by atoms with Crippen LogP contribution < -0.4 is 5.32 Å². The van der Waals surface area contributed by atoms with E-state index in [2.05, 4.69) is 10.3 Å². The maximum absolute atomic E-state index is 9.78. The molecule has 0 atom stereocenters. The fraction of sp³-hybridized carbons (Fsp3) is 0.0625. The summed E-state index contributed by atoms with van der Waals surface area (Å²) in [6.45, 7) is 0.413. The van der Waals surface area contributed by atoms with E-state index in [-0.39, 0.29) is 11.5 Å². The Balaban J connectivity index is 1.89. The molecule has 3 N–H and O–H groups in total. The molecule has 4 heteroatoms. The highest BCUT2D eigenvalue weighted by Gasteiger charge is 2.06. The normalized spacial score (nSPS) is 10.6. The highest BCUT2D eigenvalue weighted by molar-refractivity contribution is 5.90. The number of pyridine rings is 1. The Kier molecular flexibility index (Phi) is 3.13. The summed E-state index contributed by atoms with van der Waals surface area (Å²) < 4.78 is 0. The summed E-state index contributed by atoms with van der Waals surface area (Å²) in [5.41, 5.74) is 2.42. The molecule has 0 radical (unpaired) electrons. The maximum Gasteiger partial charge on any atom is 0.162 e.